The van der Waals surface area contributed by atoms with Gasteiger partial charge in [-0.2, -0.15) is 0 Å². The fourth-order valence-corrected chi connectivity index (χ4v) is 1.48. The molecule has 1 amide bonds. The number of ether oxygens (including phenoxy) is 1. The van der Waals surface area contributed by atoms with Gasteiger partial charge < -0.3 is 15.8 Å². The van der Waals surface area contributed by atoms with Crippen molar-refractivity contribution in [2.75, 3.05) is 18.9 Å². The van der Waals surface area contributed by atoms with Crippen LogP contribution in [0.2, 0.25) is 5.02 Å². The maximum Gasteiger partial charge on any atom is 0.340 e. The van der Waals surface area contributed by atoms with Gasteiger partial charge >= 0.3 is 5.97 Å². The van der Waals surface area contributed by atoms with Crippen molar-refractivity contribution >= 4 is 29.2 Å². The molecule has 0 aliphatic heterocycles. The van der Waals surface area contributed by atoms with E-state index in [1.807, 2.05) is 13.8 Å². The van der Waals surface area contributed by atoms with Crippen molar-refractivity contribution in [3.8, 4) is 0 Å². The first-order chi connectivity index (χ1) is 8.90. The fourth-order valence-electron chi connectivity index (χ4n) is 1.30. The Hall–Kier alpha value is -1.75. The molecule has 19 heavy (non-hydrogen) atoms. The molecule has 0 bridgehead atoms. The van der Waals surface area contributed by atoms with E-state index in [1.54, 1.807) is 0 Å². The maximum absolute atomic E-state index is 11.7. The highest BCUT2D eigenvalue weighted by molar-refractivity contribution is 6.31. The summed E-state index contributed by atoms with van der Waals surface area (Å²) in [5.41, 5.74) is 6.06. The lowest BCUT2D eigenvalue weighted by molar-refractivity contribution is -0.124. The Bertz CT molecular complexity index is 475. The molecule has 0 unspecified atom stereocenters. The first-order valence-corrected chi connectivity index (χ1v) is 6.26. The average Bonchev–Trinajstić information content (AvgIpc) is 2.33. The van der Waals surface area contributed by atoms with E-state index >= 15 is 0 Å². The number of benzene rings is 1. The average molecular weight is 285 g/mol. The quantitative estimate of drug-likeness (QED) is 0.639. The summed E-state index contributed by atoms with van der Waals surface area (Å²) in [7, 11) is 0. The van der Waals surface area contributed by atoms with Crippen LogP contribution in [-0.2, 0) is 9.53 Å². The molecule has 1 rings (SSSR count). The molecule has 0 spiro atoms. The predicted octanol–water partition coefficient (Wildman–Crippen LogP) is 1.85. The number of nitrogen functional groups attached to an aromatic ring is 1. The number of carbonyl (C=O) groups excluding carboxylic acids is 2. The second kappa shape index (κ2) is 6.99. The summed E-state index contributed by atoms with van der Waals surface area (Å²) >= 11 is 5.72. The van der Waals surface area contributed by atoms with E-state index in [2.05, 4.69) is 5.32 Å². The van der Waals surface area contributed by atoms with Crippen LogP contribution in [0.1, 0.15) is 24.2 Å². The van der Waals surface area contributed by atoms with E-state index in [-0.39, 0.29) is 23.8 Å². The molecule has 0 saturated carbocycles. The molecule has 1 aromatic carbocycles. The summed E-state index contributed by atoms with van der Waals surface area (Å²) < 4.78 is 4.87. The van der Waals surface area contributed by atoms with Crippen LogP contribution >= 0.6 is 11.6 Å². The van der Waals surface area contributed by atoms with Gasteiger partial charge in [-0.15, -0.1) is 0 Å². The minimum atomic E-state index is -0.645. The summed E-state index contributed by atoms with van der Waals surface area (Å²) in [5.74, 6) is -0.644. The summed E-state index contributed by atoms with van der Waals surface area (Å²) in [4.78, 5) is 23.1. The summed E-state index contributed by atoms with van der Waals surface area (Å²) in [5, 5.41) is 3.08. The summed E-state index contributed by atoms with van der Waals surface area (Å²) in [6.45, 7) is 4.16. The second-order valence-electron chi connectivity index (χ2n) is 4.51. The molecule has 0 aliphatic carbocycles. The van der Waals surface area contributed by atoms with Crippen molar-refractivity contribution in [3.63, 3.8) is 0 Å². The van der Waals surface area contributed by atoms with Crippen molar-refractivity contribution in [2.45, 2.75) is 13.8 Å². The molecular formula is C13H17ClN2O3. The Kier molecular flexibility index (Phi) is 5.63. The zero-order chi connectivity index (χ0) is 14.4. The normalized spacial score (nSPS) is 10.3. The fraction of sp³-hybridized carbons (Fsp3) is 0.385. The number of esters is 1. The summed E-state index contributed by atoms with van der Waals surface area (Å²) in [6, 6.07) is 4.45. The van der Waals surface area contributed by atoms with E-state index in [0.29, 0.717) is 17.5 Å². The lowest BCUT2D eigenvalue weighted by Gasteiger charge is -2.09. The molecule has 0 aromatic heterocycles. The number of halogens is 1. The van der Waals surface area contributed by atoms with E-state index < -0.39 is 5.97 Å². The Morgan fingerprint density at radius 2 is 2.11 bits per heavy atom. The number of hydrogen-bond donors (Lipinski definition) is 2. The maximum atomic E-state index is 11.7. The van der Waals surface area contributed by atoms with Gasteiger partial charge in [0.2, 0.25) is 0 Å². The Morgan fingerprint density at radius 1 is 1.42 bits per heavy atom. The third-order valence-electron chi connectivity index (χ3n) is 2.28. The summed E-state index contributed by atoms with van der Waals surface area (Å²) in [6.07, 6.45) is 0. The highest BCUT2D eigenvalue weighted by Gasteiger charge is 2.13. The van der Waals surface area contributed by atoms with Crippen LogP contribution < -0.4 is 11.1 Å². The predicted molar refractivity (Wildman–Crippen MR) is 74.0 cm³/mol. The minimum absolute atomic E-state index is 0.195. The lowest BCUT2D eigenvalue weighted by Crippen LogP contribution is -2.31. The van der Waals surface area contributed by atoms with Gasteiger partial charge in [0, 0.05) is 17.3 Å². The van der Waals surface area contributed by atoms with Gasteiger partial charge in [0.25, 0.3) is 5.91 Å². The number of nitrogens with two attached hydrogens (primary N) is 1. The molecule has 3 N–H and O–H groups in total. The van der Waals surface area contributed by atoms with Crippen molar-refractivity contribution < 1.29 is 14.3 Å². The lowest BCUT2D eigenvalue weighted by atomic mass is 10.2. The molecule has 1 aromatic rings. The molecule has 5 nitrogen and oxygen atoms in total. The molecule has 6 heteroatoms. The molecule has 0 saturated heterocycles. The van der Waals surface area contributed by atoms with Crippen LogP contribution in [0.5, 0.6) is 0 Å². The molecule has 0 aliphatic rings. The van der Waals surface area contributed by atoms with E-state index in [1.165, 1.54) is 18.2 Å². The zero-order valence-corrected chi connectivity index (χ0v) is 11.7. The zero-order valence-electron chi connectivity index (χ0n) is 10.9. The molecule has 0 fully saturated rings. The van der Waals surface area contributed by atoms with Gasteiger partial charge in [-0.05, 0) is 24.1 Å². The van der Waals surface area contributed by atoms with E-state index in [9.17, 15) is 9.59 Å². The topological polar surface area (TPSA) is 81.4 Å². The molecule has 0 heterocycles. The number of amides is 1. The number of carbonyl (C=O) groups is 2. The third kappa shape index (κ3) is 5.18. The van der Waals surface area contributed by atoms with Crippen molar-refractivity contribution in [3.05, 3.63) is 28.8 Å². The van der Waals surface area contributed by atoms with Crippen molar-refractivity contribution in [1.82, 2.24) is 5.32 Å². The van der Waals surface area contributed by atoms with Gasteiger partial charge in [-0.1, -0.05) is 25.4 Å². The standard InChI is InChI=1S/C13H17ClN2O3/c1-8(2)6-16-12(17)7-19-13(18)10-4-3-9(14)5-11(10)15/h3-5,8H,6-7,15H2,1-2H3,(H,16,17). The van der Waals surface area contributed by atoms with E-state index in [0.717, 1.165) is 0 Å². The van der Waals surface area contributed by atoms with Crippen LogP contribution in [0.25, 0.3) is 0 Å². The van der Waals surface area contributed by atoms with Gasteiger partial charge in [0.1, 0.15) is 0 Å². The SMILES string of the molecule is CC(C)CNC(=O)COC(=O)c1ccc(Cl)cc1N. The van der Waals surface area contributed by atoms with Crippen LogP contribution in [-0.4, -0.2) is 25.0 Å². The van der Waals surface area contributed by atoms with Gasteiger partial charge in [-0.25, -0.2) is 4.79 Å². The Labute approximate surface area is 117 Å². The molecule has 0 radical (unpaired) electrons. The first-order valence-electron chi connectivity index (χ1n) is 5.89. The number of anilines is 1. The Morgan fingerprint density at radius 3 is 2.68 bits per heavy atom. The van der Waals surface area contributed by atoms with Crippen LogP contribution in [0.15, 0.2) is 18.2 Å². The highest BCUT2D eigenvalue weighted by Crippen LogP contribution is 2.18. The largest absolute Gasteiger partial charge is 0.452 e. The first kappa shape index (κ1) is 15.3. The molecular weight excluding hydrogens is 268 g/mol. The third-order valence-corrected chi connectivity index (χ3v) is 2.51. The minimum Gasteiger partial charge on any atom is -0.452 e. The number of nitrogens with one attached hydrogen (secondary N) is 1. The molecule has 0 atom stereocenters. The number of hydrogen-bond acceptors (Lipinski definition) is 4. The van der Waals surface area contributed by atoms with Gasteiger partial charge in [-0.3, -0.25) is 4.79 Å². The van der Waals surface area contributed by atoms with Crippen LogP contribution in [0.4, 0.5) is 5.69 Å². The van der Waals surface area contributed by atoms with Crippen LogP contribution in [0, 0.1) is 5.92 Å². The van der Waals surface area contributed by atoms with Gasteiger partial charge in [0.15, 0.2) is 6.61 Å². The smallest absolute Gasteiger partial charge is 0.340 e. The molecule has 104 valence electrons. The monoisotopic (exact) mass is 284 g/mol. The van der Waals surface area contributed by atoms with Crippen molar-refractivity contribution in [1.29, 1.82) is 0 Å². The van der Waals surface area contributed by atoms with Crippen LogP contribution in [0.3, 0.4) is 0 Å². The van der Waals surface area contributed by atoms with Crippen molar-refractivity contribution in [2.24, 2.45) is 5.92 Å². The highest BCUT2D eigenvalue weighted by atomic mass is 35.5. The van der Waals surface area contributed by atoms with Gasteiger partial charge in [0.05, 0.1) is 5.56 Å². The van der Waals surface area contributed by atoms with E-state index in [4.69, 9.17) is 22.1 Å². The Balaban J connectivity index is 2.49. The second-order valence-corrected chi connectivity index (χ2v) is 4.94. The number of rotatable bonds is 5.